The number of anilines is 1. The molecule has 1 fully saturated rings. The highest BCUT2D eigenvalue weighted by molar-refractivity contribution is 5.84. The first kappa shape index (κ1) is 15.6. The number of carboxylic acids is 1. The van der Waals surface area contributed by atoms with Gasteiger partial charge in [0.15, 0.2) is 0 Å². The molecule has 2 aliphatic carbocycles. The fourth-order valence-electron chi connectivity index (χ4n) is 3.64. The number of carbonyl (C=O) groups is 2. The molecule has 0 aliphatic heterocycles. The number of hydrogen-bond donors (Lipinski definition) is 2. The van der Waals surface area contributed by atoms with Crippen molar-refractivity contribution < 1.29 is 14.7 Å². The first-order valence-electron chi connectivity index (χ1n) is 8.08. The van der Waals surface area contributed by atoms with Crippen LogP contribution in [-0.2, 0) is 9.59 Å². The number of amides is 1. The van der Waals surface area contributed by atoms with Crippen molar-refractivity contribution in [3.8, 4) is 0 Å². The topological polar surface area (TPSA) is 69.6 Å². The number of para-hydroxylation sites is 1. The van der Waals surface area contributed by atoms with Crippen LogP contribution in [0.4, 0.5) is 5.69 Å². The Morgan fingerprint density at radius 2 is 1.91 bits per heavy atom. The summed E-state index contributed by atoms with van der Waals surface area (Å²) in [5.41, 5.74) is 0.743. The Morgan fingerprint density at radius 3 is 2.52 bits per heavy atom. The third-order valence-electron chi connectivity index (χ3n) is 4.76. The predicted octanol–water partition coefficient (Wildman–Crippen LogP) is 1.91. The molecule has 1 saturated carbocycles. The number of nitrogens with zero attached hydrogens (tertiary/aromatic N) is 1. The number of carboxylic acid groups (broad SMARTS) is 1. The smallest absolute Gasteiger partial charge is 0.323 e. The van der Waals surface area contributed by atoms with Crippen LogP contribution in [0.15, 0.2) is 42.5 Å². The van der Waals surface area contributed by atoms with Crippen molar-refractivity contribution in [1.29, 1.82) is 0 Å². The van der Waals surface area contributed by atoms with E-state index in [0.29, 0.717) is 24.3 Å². The van der Waals surface area contributed by atoms with E-state index in [1.807, 2.05) is 30.3 Å². The summed E-state index contributed by atoms with van der Waals surface area (Å²) in [6, 6.07) is 9.17. The molecule has 1 amide bonds. The Morgan fingerprint density at radius 1 is 1.13 bits per heavy atom. The Kier molecular flexibility index (Phi) is 4.65. The zero-order chi connectivity index (χ0) is 16.2. The monoisotopic (exact) mass is 314 g/mol. The standard InChI is InChI=1S/C18H22N2O3/c21-17(19-10-15-9-13-6-7-14(15)8-13)11-20(12-18(22)23)16-4-2-1-3-5-16/h1-7,13-15H,8-12H2,(H,19,21)(H,22,23)/t13-,14-,15-/m1/s1. The molecule has 5 heteroatoms. The quantitative estimate of drug-likeness (QED) is 0.754. The number of aliphatic carboxylic acids is 1. The summed E-state index contributed by atoms with van der Waals surface area (Å²) >= 11 is 0. The molecule has 0 aromatic heterocycles. The average molecular weight is 314 g/mol. The number of carbonyl (C=O) groups excluding carboxylic acids is 1. The Labute approximate surface area is 136 Å². The van der Waals surface area contributed by atoms with Crippen molar-refractivity contribution >= 4 is 17.6 Å². The van der Waals surface area contributed by atoms with Gasteiger partial charge in [-0.15, -0.1) is 0 Å². The third-order valence-corrected chi connectivity index (χ3v) is 4.76. The maximum absolute atomic E-state index is 12.2. The van der Waals surface area contributed by atoms with Crippen molar-refractivity contribution in [3.63, 3.8) is 0 Å². The molecule has 122 valence electrons. The van der Waals surface area contributed by atoms with Crippen LogP contribution in [0.3, 0.4) is 0 Å². The molecule has 2 aliphatic rings. The van der Waals surface area contributed by atoms with Crippen LogP contribution in [0.25, 0.3) is 0 Å². The second kappa shape index (κ2) is 6.86. The van der Waals surface area contributed by atoms with Crippen molar-refractivity contribution in [2.24, 2.45) is 17.8 Å². The van der Waals surface area contributed by atoms with E-state index in [0.717, 1.165) is 12.1 Å². The van der Waals surface area contributed by atoms with Crippen LogP contribution in [0, 0.1) is 17.8 Å². The number of hydrogen-bond acceptors (Lipinski definition) is 3. The Hall–Kier alpha value is -2.30. The van der Waals surface area contributed by atoms with Gasteiger partial charge in [0.2, 0.25) is 5.91 Å². The van der Waals surface area contributed by atoms with E-state index in [9.17, 15) is 9.59 Å². The molecule has 0 spiro atoms. The van der Waals surface area contributed by atoms with Crippen molar-refractivity contribution in [1.82, 2.24) is 5.32 Å². The van der Waals surface area contributed by atoms with Crippen LogP contribution in [-0.4, -0.2) is 36.6 Å². The van der Waals surface area contributed by atoms with Crippen LogP contribution < -0.4 is 10.2 Å². The van der Waals surface area contributed by atoms with Gasteiger partial charge in [0, 0.05) is 12.2 Å². The normalized spacial score (nSPS) is 24.6. The molecule has 5 nitrogen and oxygen atoms in total. The molecule has 0 radical (unpaired) electrons. The van der Waals surface area contributed by atoms with Crippen molar-refractivity contribution in [3.05, 3.63) is 42.5 Å². The fraction of sp³-hybridized carbons (Fsp3) is 0.444. The van der Waals surface area contributed by atoms with E-state index in [4.69, 9.17) is 5.11 Å². The lowest BCUT2D eigenvalue weighted by molar-refractivity contribution is -0.135. The van der Waals surface area contributed by atoms with Gasteiger partial charge in [-0.25, -0.2) is 0 Å². The van der Waals surface area contributed by atoms with E-state index >= 15 is 0 Å². The van der Waals surface area contributed by atoms with E-state index in [1.165, 1.54) is 6.42 Å². The molecule has 1 aromatic carbocycles. The number of allylic oxidation sites excluding steroid dienone is 2. The van der Waals surface area contributed by atoms with Crippen LogP contribution in [0.1, 0.15) is 12.8 Å². The maximum atomic E-state index is 12.2. The van der Waals surface area contributed by atoms with Crippen LogP contribution in [0.2, 0.25) is 0 Å². The van der Waals surface area contributed by atoms with E-state index in [2.05, 4.69) is 17.5 Å². The van der Waals surface area contributed by atoms with Crippen molar-refractivity contribution in [2.45, 2.75) is 12.8 Å². The number of nitrogens with one attached hydrogen (secondary N) is 1. The average Bonchev–Trinajstić information content (AvgIpc) is 3.15. The lowest BCUT2D eigenvalue weighted by Gasteiger charge is -2.23. The first-order chi connectivity index (χ1) is 11.1. The molecule has 3 atom stereocenters. The first-order valence-corrected chi connectivity index (χ1v) is 8.08. The van der Waals surface area contributed by atoms with Gasteiger partial charge < -0.3 is 15.3 Å². The van der Waals surface area contributed by atoms with E-state index in [-0.39, 0.29) is 19.0 Å². The molecule has 0 unspecified atom stereocenters. The molecule has 2 bridgehead atoms. The highest BCUT2D eigenvalue weighted by Gasteiger charge is 2.35. The lowest BCUT2D eigenvalue weighted by atomic mass is 9.94. The Bertz CT molecular complexity index is 600. The summed E-state index contributed by atoms with van der Waals surface area (Å²) in [5.74, 6) is 0.750. The summed E-state index contributed by atoms with van der Waals surface area (Å²) in [7, 11) is 0. The zero-order valence-electron chi connectivity index (χ0n) is 13.0. The molecule has 0 saturated heterocycles. The summed E-state index contributed by atoms with van der Waals surface area (Å²) < 4.78 is 0. The largest absolute Gasteiger partial charge is 0.480 e. The summed E-state index contributed by atoms with van der Waals surface area (Å²) in [5, 5.41) is 12.0. The Balaban J connectivity index is 1.53. The van der Waals surface area contributed by atoms with E-state index < -0.39 is 5.97 Å². The van der Waals surface area contributed by atoms with Gasteiger partial charge in [0.05, 0.1) is 6.54 Å². The SMILES string of the molecule is O=C(O)CN(CC(=O)NC[C@H]1C[C@@H]2C=C[C@@H]1C2)c1ccccc1. The molecule has 23 heavy (non-hydrogen) atoms. The fourth-order valence-corrected chi connectivity index (χ4v) is 3.64. The van der Waals surface area contributed by atoms with Gasteiger partial charge in [-0.3, -0.25) is 9.59 Å². The minimum atomic E-state index is -0.945. The van der Waals surface area contributed by atoms with Gasteiger partial charge in [-0.2, -0.15) is 0 Å². The summed E-state index contributed by atoms with van der Waals surface area (Å²) in [4.78, 5) is 24.8. The molecular weight excluding hydrogens is 292 g/mol. The molecule has 0 heterocycles. The van der Waals surface area contributed by atoms with Crippen LogP contribution >= 0.6 is 0 Å². The predicted molar refractivity (Wildman–Crippen MR) is 88.1 cm³/mol. The molecule has 1 aromatic rings. The maximum Gasteiger partial charge on any atom is 0.323 e. The second-order valence-electron chi connectivity index (χ2n) is 6.43. The molecule has 3 rings (SSSR count). The van der Waals surface area contributed by atoms with Gasteiger partial charge in [0.25, 0.3) is 0 Å². The van der Waals surface area contributed by atoms with Gasteiger partial charge in [-0.1, -0.05) is 30.4 Å². The third kappa shape index (κ3) is 3.92. The number of benzene rings is 1. The molecular formula is C18H22N2O3. The van der Waals surface area contributed by atoms with Gasteiger partial charge >= 0.3 is 5.97 Å². The summed E-state index contributed by atoms with van der Waals surface area (Å²) in [6.45, 7) is 0.557. The second-order valence-corrected chi connectivity index (χ2v) is 6.43. The minimum Gasteiger partial charge on any atom is -0.480 e. The highest BCUT2D eigenvalue weighted by Crippen LogP contribution is 2.42. The minimum absolute atomic E-state index is 0.0625. The number of fused-ring (bicyclic) bond motifs is 2. The van der Waals surface area contributed by atoms with Crippen molar-refractivity contribution in [2.75, 3.05) is 24.5 Å². The zero-order valence-corrected chi connectivity index (χ0v) is 13.0. The number of rotatable bonds is 7. The highest BCUT2D eigenvalue weighted by atomic mass is 16.4. The van der Waals surface area contributed by atoms with Gasteiger partial charge in [-0.05, 0) is 42.7 Å². The van der Waals surface area contributed by atoms with E-state index in [1.54, 1.807) is 4.90 Å². The van der Waals surface area contributed by atoms with Gasteiger partial charge in [0.1, 0.15) is 6.54 Å². The summed E-state index contributed by atoms with van der Waals surface area (Å²) in [6.07, 6.45) is 6.92. The van der Waals surface area contributed by atoms with Crippen LogP contribution in [0.5, 0.6) is 0 Å². The lowest BCUT2D eigenvalue weighted by Crippen LogP contribution is -2.41. The molecule has 2 N–H and O–H groups in total.